The molecule has 0 atom stereocenters. The summed E-state index contributed by atoms with van der Waals surface area (Å²) in [6.07, 6.45) is -3.30. The molecule has 2 rings (SSSR count). The molecule has 0 aliphatic heterocycles. The van der Waals surface area contributed by atoms with Gasteiger partial charge in [0.15, 0.2) is 0 Å². The maximum Gasteiger partial charge on any atom is 0.490 e. The first-order chi connectivity index (χ1) is 15.4. The molecular weight excluding hydrogens is 448 g/mol. The predicted octanol–water partition coefficient (Wildman–Crippen LogP) is 5.04. The third-order valence-corrected chi connectivity index (χ3v) is 4.17. The summed E-state index contributed by atoms with van der Waals surface area (Å²) in [6, 6.07) is 10.4. The van der Waals surface area contributed by atoms with Crippen molar-refractivity contribution >= 4 is 29.2 Å². The molecule has 33 heavy (non-hydrogen) atoms. The Labute approximate surface area is 187 Å². The highest BCUT2D eigenvalue weighted by Crippen LogP contribution is 2.26. The highest BCUT2D eigenvalue weighted by Gasteiger charge is 2.38. The fourth-order valence-corrected chi connectivity index (χ4v) is 2.80. The number of rotatable bonds is 8. The Morgan fingerprint density at radius 3 is 1.94 bits per heavy atom. The fraction of sp³-hybridized carbons (Fsp3) is 0.318. The number of carboxylic acids is 2. The molecule has 7 nitrogen and oxygen atoms in total. The molecule has 3 N–H and O–H groups in total. The molecule has 180 valence electrons. The topological polar surface area (TPSA) is 107 Å². The number of carbonyl (C=O) groups excluding carboxylic acids is 1. The minimum Gasteiger partial charge on any atom is -0.478 e. The molecule has 0 unspecified atom stereocenters. The van der Waals surface area contributed by atoms with Gasteiger partial charge in [-0.1, -0.05) is 26.0 Å². The summed E-state index contributed by atoms with van der Waals surface area (Å²) in [4.78, 5) is 34.8. The van der Waals surface area contributed by atoms with Crippen molar-refractivity contribution in [1.82, 2.24) is 0 Å². The van der Waals surface area contributed by atoms with Gasteiger partial charge in [0.05, 0.1) is 16.8 Å². The van der Waals surface area contributed by atoms with Gasteiger partial charge in [-0.05, 0) is 43.2 Å². The Morgan fingerprint density at radius 1 is 0.939 bits per heavy atom. The lowest BCUT2D eigenvalue weighted by atomic mass is 10.1. The van der Waals surface area contributed by atoms with Crippen LogP contribution in [0.15, 0.2) is 42.5 Å². The van der Waals surface area contributed by atoms with Crippen LogP contribution in [0, 0.1) is 5.82 Å². The molecule has 1 amide bonds. The first-order valence-corrected chi connectivity index (χ1v) is 9.90. The van der Waals surface area contributed by atoms with Crippen LogP contribution in [0.2, 0.25) is 0 Å². The Hall–Kier alpha value is -3.63. The average Bonchev–Trinajstić information content (AvgIpc) is 2.73. The number of halogens is 4. The second kappa shape index (κ2) is 12.4. The van der Waals surface area contributed by atoms with Crippen LogP contribution < -0.4 is 10.2 Å². The first-order valence-electron chi connectivity index (χ1n) is 9.90. The van der Waals surface area contributed by atoms with Crippen LogP contribution in [0.1, 0.15) is 47.4 Å². The number of nitrogens with zero attached hydrogens (tertiary/aromatic N) is 1. The lowest BCUT2D eigenvalue weighted by Gasteiger charge is -2.25. The molecule has 0 saturated carbocycles. The largest absolute Gasteiger partial charge is 0.490 e. The third-order valence-electron chi connectivity index (χ3n) is 4.17. The Morgan fingerprint density at radius 2 is 1.48 bits per heavy atom. The number of anilines is 2. The molecule has 0 heterocycles. The van der Waals surface area contributed by atoms with Gasteiger partial charge in [0, 0.05) is 18.8 Å². The van der Waals surface area contributed by atoms with Crippen molar-refractivity contribution in [2.75, 3.05) is 23.3 Å². The highest BCUT2D eigenvalue weighted by atomic mass is 19.4. The number of hydrogen-bond acceptors (Lipinski definition) is 4. The number of nitrogens with one attached hydrogen (secondary N) is 1. The van der Waals surface area contributed by atoms with Crippen LogP contribution in [0.4, 0.5) is 28.9 Å². The van der Waals surface area contributed by atoms with Crippen molar-refractivity contribution in [2.24, 2.45) is 0 Å². The third kappa shape index (κ3) is 8.43. The number of benzene rings is 2. The number of carbonyl (C=O) groups is 3. The van der Waals surface area contributed by atoms with Gasteiger partial charge in [-0.2, -0.15) is 13.2 Å². The lowest BCUT2D eigenvalue weighted by Crippen LogP contribution is -2.27. The van der Waals surface area contributed by atoms with E-state index in [4.69, 9.17) is 9.90 Å². The average molecular weight is 472 g/mol. The molecule has 0 aliphatic carbocycles. The smallest absolute Gasteiger partial charge is 0.478 e. The monoisotopic (exact) mass is 472 g/mol. The van der Waals surface area contributed by atoms with E-state index in [-0.39, 0.29) is 11.1 Å². The molecule has 0 spiro atoms. The number of aliphatic carboxylic acids is 1. The summed E-state index contributed by atoms with van der Waals surface area (Å²) < 4.78 is 45.5. The van der Waals surface area contributed by atoms with Gasteiger partial charge in [-0.15, -0.1) is 0 Å². The minimum absolute atomic E-state index is 0.0907. The maximum absolute atomic E-state index is 13.7. The van der Waals surface area contributed by atoms with E-state index in [2.05, 4.69) is 5.32 Å². The van der Waals surface area contributed by atoms with Gasteiger partial charge in [-0.3, -0.25) is 4.79 Å². The van der Waals surface area contributed by atoms with Crippen molar-refractivity contribution in [3.63, 3.8) is 0 Å². The highest BCUT2D eigenvalue weighted by molar-refractivity contribution is 6.05. The van der Waals surface area contributed by atoms with Crippen LogP contribution in [-0.4, -0.2) is 47.3 Å². The lowest BCUT2D eigenvalue weighted by molar-refractivity contribution is -0.192. The van der Waals surface area contributed by atoms with Crippen molar-refractivity contribution in [1.29, 1.82) is 0 Å². The Kier molecular flexibility index (Phi) is 10.3. The molecular formula is C22H24F4N2O5. The van der Waals surface area contributed by atoms with Crippen LogP contribution in [-0.2, 0) is 4.79 Å². The SMILES string of the molecule is CCCN(CCC)c1ccc(NC(=O)c2ccccc2F)cc1C(=O)O.O=C(O)C(F)(F)F. The summed E-state index contributed by atoms with van der Waals surface area (Å²) in [5.41, 5.74) is 0.947. The van der Waals surface area contributed by atoms with Crippen molar-refractivity contribution in [3.05, 3.63) is 59.4 Å². The summed E-state index contributed by atoms with van der Waals surface area (Å²) >= 11 is 0. The molecule has 2 aromatic rings. The zero-order chi connectivity index (χ0) is 25.2. The van der Waals surface area contributed by atoms with Gasteiger partial charge in [0.1, 0.15) is 5.82 Å². The van der Waals surface area contributed by atoms with E-state index in [1.807, 2.05) is 18.7 Å². The van der Waals surface area contributed by atoms with E-state index in [9.17, 15) is 32.3 Å². The van der Waals surface area contributed by atoms with E-state index in [0.29, 0.717) is 11.4 Å². The quantitative estimate of drug-likeness (QED) is 0.465. The number of alkyl halides is 3. The maximum atomic E-state index is 13.7. The van der Waals surface area contributed by atoms with Gasteiger partial charge in [-0.25, -0.2) is 14.0 Å². The molecule has 11 heteroatoms. The summed E-state index contributed by atoms with van der Waals surface area (Å²) in [7, 11) is 0. The van der Waals surface area contributed by atoms with E-state index in [0.717, 1.165) is 25.9 Å². The molecule has 0 aromatic heterocycles. The van der Waals surface area contributed by atoms with Gasteiger partial charge in [0.2, 0.25) is 0 Å². The van der Waals surface area contributed by atoms with Crippen LogP contribution >= 0.6 is 0 Å². The number of hydrogen-bond donors (Lipinski definition) is 3. The molecule has 0 aliphatic rings. The van der Waals surface area contributed by atoms with E-state index >= 15 is 0 Å². The molecule has 2 aromatic carbocycles. The minimum atomic E-state index is -5.08. The summed E-state index contributed by atoms with van der Waals surface area (Å²) in [6.45, 7) is 5.56. The molecule has 0 fully saturated rings. The molecule has 0 saturated heterocycles. The Balaban J connectivity index is 0.000000675. The van der Waals surface area contributed by atoms with E-state index in [1.165, 1.54) is 24.3 Å². The predicted molar refractivity (Wildman–Crippen MR) is 114 cm³/mol. The summed E-state index contributed by atoms with van der Waals surface area (Å²) in [5, 5.41) is 19.3. The fourth-order valence-electron chi connectivity index (χ4n) is 2.80. The first kappa shape index (κ1) is 27.4. The van der Waals surface area contributed by atoms with Crippen LogP contribution in [0.5, 0.6) is 0 Å². The normalized spacial score (nSPS) is 10.6. The zero-order valence-electron chi connectivity index (χ0n) is 17.9. The summed E-state index contributed by atoms with van der Waals surface area (Å²) in [5.74, 6) is -5.07. The molecule has 0 bridgehead atoms. The second-order valence-electron chi connectivity index (χ2n) is 6.76. The van der Waals surface area contributed by atoms with Crippen molar-refractivity contribution in [3.8, 4) is 0 Å². The number of amides is 1. The van der Waals surface area contributed by atoms with E-state index in [1.54, 1.807) is 18.2 Å². The van der Waals surface area contributed by atoms with Gasteiger partial charge in [0.25, 0.3) is 5.91 Å². The number of aromatic carboxylic acids is 1. The van der Waals surface area contributed by atoms with Gasteiger partial charge >= 0.3 is 18.1 Å². The van der Waals surface area contributed by atoms with Crippen molar-refractivity contribution < 1.29 is 42.2 Å². The number of carboxylic acid groups (broad SMARTS) is 2. The van der Waals surface area contributed by atoms with Crippen LogP contribution in [0.3, 0.4) is 0 Å². The van der Waals surface area contributed by atoms with Crippen LogP contribution in [0.25, 0.3) is 0 Å². The van der Waals surface area contributed by atoms with Crippen molar-refractivity contribution in [2.45, 2.75) is 32.9 Å². The van der Waals surface area contributed by atoms with Gasteiger partial charge < -0.3 is 20.4 Å². The standard InChI is InChI=1S/C20H23FN2O3.C2HF3O2/c1-3-11-23(12-4-2)18-10-9-14(13-16(18)20(25)26)22-19(24)15-7-5-6-8-17(15)21;3-2(4,5)1(6)7/h5-10,13H,3-4,11-12H2,1-2H3,(H,22,24)(H,25,26);(H,6,7). The zero-order valence-corrected chi connectivity index (χ0v) is 17.9. The molecule has 0 radical (unpaired) electrons. The Bertz CT molecular complexity index is 973. The van der Waals surface area contributed by atoms with E-state index < -0.39 is 29.8 Å². The second-order valence-corrected chi connectivity index (χ2v) is 6.76.